The number of rotatable bonds is 3. The summed E-state index contributed by atoms with van der Waals surface area (Å²) in [6.45, 7) is 0.364. The third-order valence-electron chi connectivity index (χ3n) is 2.29. The van der Waals surface area contributed by atoms with Crippen LogP contribution in [0.3, 0.4) is 0 Å². The lowest BCUT2D eigenvalue weighted by molar-refractivity contribution is 0.177. The Labute approximate surface area is 120 Å². The van der Waals surface area contributed by atoms with Crippen molar-refractivity contribution in [1.29, 1.82) is 0 Å². The molecule has 18 heavy (non-hydrogen) atoms. The van der Waals surface area contributed by atoms with Crippen molar-refractivity contribution in [3.8, 4) is 11.3 Å². The van der Waals surface area contributed by atoms with Gasteiger partial charge >= 0.3 is 0 Å². The van der Waals surface area contributed by atoms with Gasteiger partial charge in [0.25, 0.3) is 0 Å². The summed E-state index contributed by atoms with van der Waals surface area (Å²) < 4.78 is 5.52. The second-order valence-electron chi connectivity index (χ2n) is 3.64. The van der Waals surface area contributed by atoms with Crippen LogP contribution >= 0.6 is 35.4 Å². The van der Waals surface area contributed by atoms with Crippen LogP contribution in [0.1, 0.15) is 5.82 Å². The Morgan fingerprint density at radius 2 is 2.11 bits per heavy atom. The second-order valence-corrected chi connectivity index (χ2v) is 4.90. The van der Waals surface area contributed by atoms with Gasteiger partial charge in [-0.15, -0.1) is 0 Å². The highest BCUT2D eigenvalue weighted by molar-refractivity contribution is 7.71. The molecule has 0 radical (unpaired) electrons. The van der Waals surface area contributed by atoms with Gasteiger partial charge in [-0.05, 0) is 24.3 Å². The summed E-state index contributed by atoms with van der Waals surface area (Å²) >= 11 is 17.1. The number of methoxy groups -OCH3 is 1. The smallest absolute Gasteiger partial charge is 0.134 e. The van der Waals surface area contributed by atoms with Gasteiger partial charge in [-0.3, -0.25) is 0 Å². The number of nitrogens with one attached hydrogen (secondary N) is 1. The van der Waals surface area contributed by atoms with Crippen LogP contribution in [0, 0.1) is 4.64 Å². The van der Waals surface area contributed by atoms with Gasteiger partial charge in [0.05, 0.1) is 10.7 Å². The van der Waals surface area contributed by atoms with Crippen molar-refractivity contribution in [2.75, 3.05) is 7.11 Å². The van der Waals surface area contributed by atoms with E-state index in [1.165, 1.54) is 0 Å². The zero-order valence-electron chi connectivity index (χ0n) is 9.54. The maximum Gasteiger partial charge on any atom is 0.134 e. The van der Waals surface area contributed by atoms with E-state index in [-0.39, 0.29) is 0 Å². The van der Waals surface area contributed by atoms with Crippen LogP contribution in [-0.4, -0.2) is 17.1 Å². The number of benzene rings is 1. The molecule has 0 aliphatic heterocycles. The van der Waals surface area contributed by atoms with E-state index in [1.807, 2.05) is 6.07 Å². The first-order chi connectivity index (χ1) is 8.60. The summed E-state index contributed by atoms with van der Waals surface area (Å²) in [5.74, 6) is 0.658. The normalized spacial score (nSPS) is 10.6. The molecule has 6 heteroatoms. The number of hydrogen-bond acceptors (Lipinski definition) is 3. The molecule has 0 saturated heterocycles. The van der Waals surface area contributed by atoms with E-state index in [0.29, 0.717) is 27.1 Å². The van der Waals surface area contributed by atoms with Crippen LogP contribution in [0.2, 0.25) is 10.0 Å². The molecule has 0 spiro atoms. The van der Waals surface area contributed by atoms with Crippen molar-refractivity contribution in [2.45, 2.75) is 6.61 Å². The molecule has 3 nitrogen and oxygen atoms in total. The average molecular weight is 301 g/mol. The lowest BCUT2D eigenvalue weighted by Crippen LogP contribution is -1.99. The number of ether oxygens (including phenoxy) is 1. The summed E-state index contributed by atoms with van der Waals surface area (Å²) in [4.78, 5) is 7.29. The Kier molecular flexibility index (Phi) is 4.35. The van der Waals surface area contributed by atoms with Crippen molar-refractivity contribution in [1.82, 2.24) is 9.97 Å². The molecule has 1 aromatic heterocycles. The van der Waals surface area contributed by atoms with E-state index >= 15 is 0 Å². The number of H-pyrrole nitrogens is 1. The molecule has 0 aliphatic rings. The summed E-state index contributed by atoms with van der Waals surface area (Å²) in [6.07, 6.45) is 0. The van der Waals surface area contributed by atoms with E-state index in [0.717, 1.165) is 11.3 Å². The highest BCUT2D eigenvalue weighted by atomic mass is 35.5. The lowest BCUT2D eigenvalue weighted by Gasteiger charge is -2.07. The van der Waals surface area contributed by atoms with E-state index in [4.69, 9.17) is 40.2 Å². The first-order valence-corrected chi connectivity index (χ1v) is 6.31. The zero-order valence-corrected chi connectivity index (χ0v) is 11.9. The van der Waals surface area contributed by atoms with Crippen LogP contribution in [0.25, 0.3) is 11.3 Å². The van der Waals surface area contributed by atoms with Gasteiger partial charge in [-0.1, -0.05) is 35.4 Å². The fraction of sp³-hybridized carbons (Fsp3) is 0.167. The maximum absolute atomic E-state index is 6.16. The standard InChI is InChI=1S/C12H10Cl2N2OS/c1-17-6-11-15-10(5-12(18)16-11)8-3-2-7(13)4-9(8)14/h2-5H,6H2,1H3,(H,15,16,18). The molecule has 2 aromatic rings. The van der Waals surface area contributed by atoms with Crippen LogP contribution in [0.5, 0.6) is 0 Å². The molecule has 94 valence electrons. The van der Waals surface area contributed by atoms with Crippen molar-refractivity contribution < 1.29 is 4.74 Å². The van der Waals surface area contributed by atoms with E-state index in [1.54, 1.807) is 25.3 Å². The number of aromatic amines is 1. The summed E-state index contributed by atoms with van der Waals surface area (Å²) in [7, 11) is 1.60. The van der Waals surface area contributed by atoms with Crippen molar-refractivity contribution in [3.05, 3.63) is 44.8 Å². The average Bonchev–Trinajstić information content (AvgIpc) is 2.28. The molecule has 0 bridgehead atoms. The minimum Gasteiger partial charge on any atom is -0.377 e. The Morgan fingerprint density at radius 3 is 2.78 bits per heavy atom. The first kappa shape index (κ1) is 13.5. The molecule has 0 unspecified atom stereocenters. The Hall–Kier alpha value is -0.940. The number of nitrogens with zero attached hydrogens (tertiary/aromatic N) is 1. The van der Waals surface area contributed by atoms with Crippen molar-refractivity contribution in [2.24, 2.45) is 0 Å². The molecule has 0 aliphatic carbocycles. The predicted octanol–water partition coefficient (Wildman–Crippen LogP) is 4.26. The number of aromatic nitrogens is 2. The fourth-order valence-corrected chi connectivity index (χ4v) is 2.30. The molecule has 0 atom stereocenters. The topological polar surface area (TPSA) is 37.9 Å². The summed E-state index contributed by atoms with van der Waals surface area (Å²) in [6, 6.07) is 7.05. The molecular weight excluding hydrogens is 291 g/mol. The SMILES string of the molecule is COCc1nc(=S)cc(-c2ccc(Cl)cc2Cl)[nH]1. The van der Waals surface area contributed by atoms with Crippen molar-refractivity contribution >= 4 is 35.4 Å². The monoisotopic (exact) mass is 300 g/mol. The number of halogens is 2. The zero-order chi connectivity index (χ0) is 13.1. The summed E-state index contributed by atoms with van der Waals surface area (Å²) in [5, 5.41) is 1.15. The van der Waals surface area contributed by atoms with Gasteiger partial charge in [0.15, 0.2) is 0 Å². The fourth-order valence-electron chi connectivity index (χ4n) is 1.57. The quantitative estimate of drug-likeness (QED) is 0.861. The molecule has 0 amide bonds. The van der Waals surface area contributed by atoms with E-state index in [2.05, 4.69) is 9.97 Å². The van der Waals surface area contributed by atoms with Crippen LogP contribution in [0.15, 0.2) is 24.3 Å². The highest BCUT2D eigenvalue weighted by Gasteiger charge is 2.06. The van der Waals surface area contributed by atoms with Crippen LogP contribution < -0.4 is 0 Å². The Morgan fingerprint density at radius 1 is 1.33 bits per heavy atom. The minimum absolute atomic E-state index is 0.364. The molecule has 1 aromatic carbocycles. The predicted molar refractivity (Wildman–Crippen MR) is 75.6 cm³/mol. The highest BCUT2D eigenvalue weighted by Crippen LogP contribution is 2.29. The van der Waals surface area contributed by atoms with E-state index < -0.39 is 0 Å². The van der Waals surface area contributed by atoms with E-state index in [9.17, 15) is 0 Å². The molecule has 1 N–H and O–H groups in total. The molecule has 2 rings (SSSR count). The largest absolute Gasteiger partial charge is 0.377 e. The summed E-state index contributed by atoms with van der Waals surface area (Å²) in [5.41, 5.74) is 1.62. The molecular formula is C12H10Cl2N2OS. The second kappa shape index (κ2) is 5.80. The van der Waals surface area contributed by atoms with Crippen LogP contribution in [-0.2, 0) is 11.3 Å². The van der Waals surface area contributed by atoms with Crippen molar-refractivity contribution in [3.63, 3.8) is 0 Å². The van der Waals surface area contributed by atoms with Gasteiger partial charge < -0.3 is 9.72 Å². The Balaban J connectivity index is 2.53. The molecule has 0 saturated carbocycles. The van der Waals surface area contributed by atoms with Gasteiger partial charge in [0.1, 0.15) is 17.1 Å². The van der Waals surface area contributed by atoms with Gasteiger partial charge in [-0.25, -0.2) is 4.98 Å². The third-order valence-corrected chi connectivity index (χ3v) is 3.05. The Bertz CT molecular complexity index is 628. The van der Waals surface area contributed by atoms with Gasteiger partial charge in [0, 0.05) is 17.7 Å². The van der Waals surface area contributed by atoms with Gasteiger partial charge in [-0.2, -0.15) is 0 Å². The third kappa shape index (κ3) is 3.09. The molecule has 1 heterocycles. The lowest BCUT2D eigenvalue weighted by atomic mass is 10.1. The first-order valence-electron chi connectivity index (χ1n) is 5.15. The van der Waals surface area contributed by atoms with Crippen LogP contribution in [0.4, 0.5) is 0 Å². The maximum atomic E-state index is 6.16. The molecule has 0 fully saturated rings. The van der Waals surface area contributed by atoms with Gasteiger partial charge in [0.2, 0.25) is 0 Å². The minimum atomic E-state index is 0.364. The number of hydrogen-bond donors (Lipinski definition) is 1.